The highest BCUT2D eigenvalue weighted by atomic mass is 35.5. The zero-order chi connectivity index (χ0) is 15.7. The van der Waals surface area contributed by atoms with Crippen LogP contribution in [0.5, 0.6) is 0 Å². The molecule has 2 aromatic rings. The predicted octanol–water partition coefficient (Wildman–Crippen LogP) is 3.22. The smallest absolute Gasteiger partial charge is 0.181 e. The summed E-state index contributed by atoms with van der Waals surface area (Å²) in [5, 5.41) is 15.3. The van der Waals surface area contributed by atoms with Crippen LogP contribution in [0, 0.1) is 0 Å². The van der Waals surface area contributed by atoms with Gasteiger partial charge in [0.25, 0.3) is 0 Å². The first-order valence-electron chi connectivity index (χ1n) is 7.47. The third-order valence-electron chi connectivity index (χ3n) is 3.56. The van der Waals surface area contributed by atoms with Crippen LogP contribution in [0.1, 0.15) is 38.6 Å². The van der Waals surface area contributed by atoms with E-state index in [9.17, 15) is 5.11 Å². The fraction of sp³-hybridized carbons (Fsp3) is 0.500. The third kappa shape index (κ3) is 3.48. The average molecular weight is 322 g/mol. The highest BCUT2D eigenvalue weighted by Crippen LogP contribution is 2.30. The first kappa shape index (κ1) is 15.5. The zero-order valence-corrected chi connectivity index (χ0v) is 13.5. The molecule has 0 aliphatic carbocycles. The Hall–Kier alpha value is -1.43. The van der Waals surface area contributed by atoms with Crippen LogP contribution in [0.15, 0.2) is 24.3 Å². The second-order valence-corrected chi connectivity index (χ2v) is 6.71. The summed E-state index contributed by atoms with van der Waals surface area (Å²) in [6, 6.07) is 7.43. The molecule has 1 aromatic carbocycles. The van der Waals surface area contributed by atoms with E-state index >= 15 is 0 Å². The summed E-state index contributed by atoms with van der Waals surface area (Å²) in [4.78, 5) is 4.65. The molecule has 2 heterocycles. The molecule has 118 valence electrons. The minimum Gasteiger partial charge on any atom is -0.389 e. The van der Waals surface area contributed by atoms with Gasteiger partial charge in [-0.15, -0.1) is 0 Å². The highest BCUT2D eigenvalue weighted by Gasteiger charge is 2.27. The average Bonchev–Trinajstić information content (AvgIpc) is 3.06. The molecular weight excluding hydrogens is 302 g/mol. The Morgan fingerprint density at radius 1 is 1.36 bits per heavy atom. The van der Waals surface area contributed by atoms with Gasteiger partial charge < -0.3 is 9.84 Å². The molecule has 0 spiro atoms. The lowest BCUT2D eigenvalue weighted by molar-refractivity contribution is 0.0494. The molecular formula is C16H20ClN3O2. The lowest BCUT2D eigenvalue weighted by Crippen LogP contribution is -2.28. The fourth-order valence-corrected chi connectivity index (χ4v) is 2.70. The second kappa shape index (κ2) is 5.99. The molecule has 0 amide bonds. The lowest BCUT2D eigenvalue weighted by Gasteiger charge is -2.19. The van der Waals surface area contributed by atoms with E-state index in [4.69, 9.17) is 16.3 Å². The van der Waals surface area contributed by atoms with E-state index in [0.717, 1.165) is 30.8 Å². The molecule has 1 N–H and O–H groups in total. The van der Waals surface area contributed by atoms with E-state index in [1.54, 1.807) is 18.5 Å². The number of hydrogen-bond donors (Lipinski definition) is 1. The van der Waals surface area contributed by atoms with Crippen LogP contribution < -0.4 is 0 Å². The summed E-state index contributed by atoms with van der Waals surface area (Å²) in [5.74, 6) is 1.41. The number of halogens is 1. The number of hydrogen-bond acceptors (Lipinski definition) is 4. The first-order valence-corrected chi connectivity index (χ1v) is 7.85. The maximum absolute atomic E-state index is 10.1. The van der Waals surface area contributed by atoms with Crippen LogP contribution in [-0.4, -0.2) is 32.1 Å². The Bertz CT molecular complexity index is 640. The Labute approximate surface area is 134 Å². The Kier molecular flexibility index (Phi) is 4.21. The summed E-state index contributed by atoms with van der Waals surface area (Å²) >= 11 is 5.93. The molecule has 0 radical (unpaired) electrons. The molecule has 1 fully saturated rings. The minimum atomic E-state index is -0.863. The van der Waals surface area contributed by atoms with Gasteiger partial charge in [-0.05, 0) is 51.0 Å². The maximum atomic E-state index is 10.1. The molecule has 22 heavy (non-hydrogen) atoms. The number of ether oxygens (including phenoxy) is 1. The lowest BCUT2D eigenvalue weighted by atomic mass is 10.1. The molecule has 1 saturated heterocycles. The SMILES string of the molecule is CC(C)(O)Cn1nc(-c2ccc(Cl)cc2)nc1[C@@H]1CCCO1. The maximum Gasteiger partial charge on any atom is 0.181 e. The summed E-state index contributed by atoms with van der Waals surface area (Å²) in [6.07, 6.45) is 1.91. The van der Waals surface area contributed by atoms with Crippen molar-refractivity contribution < 1.29 is 9.84 Å². The number of rotatable bonds is 4. The Morgan fingerprint density at radius 2 is 2.09 bits per heavy atom. The quantitative estimate of drug-likeness (QED) is 0.939. The van der Waals surface area contributed by atoms with Crippen LogP contribution in [0.4, 0.5) is 0 Å². The van der Waals surface area contributed by atoms with Crippen molar-refractivity contribution in [1.82, 2.24) is 14.8 Å². The van der Waals surface area contributed by atoms with Gasteiger partial charge in [0.2, 0.25) is 0 Å². The van der Waals surface area contributed by atoms with E-state index in [1.807, 2.05) is 24.3 Å². The van der Waals surface area contributed by atoms with Gasteiger partial charge >= 0.3 is 0 Å². The third-order valence-corrected chi connectivity index (χ3v) is 3.81. The van der Waals surface area contributed by atoms with Crippen molar-refractivity contribution in [2.75, 3.05) is 6.61 Å². The van der Waals surface area contributed by atoms with Gasteiger partial charge in [0.15, 0.2) is 11.6 Å². The first-order chi connectivity index (χ1) is 10.4. The predicted molar refractivity (Wildman–Crippen MR) is 84.7 cm³/mol. The molecule has 0 unspecified atom stereocenters. The summed E-state index contributed by atoms with van der Waals surface area (Å²) in [5.41, 5.74) is 0.0383. The Balaban J connectivity index is 1.97. The largest absolute Gasteiger partial charge is 0.389 e. The molecule has 6 heteroatoms. The van der Waals surface area contributed by atoms with E-state index in [-0.39, 0.29) is 6.10 Å². The molecule has 1 aliphatic rings. The monoisotopic (exact) mass is 321 g/mol. The summed E-state index contributed by atoms with van der Waals surface area (Å²) in [7, 11) is 0. The van der Waals surface area contributed by atoms with Crippen molar-refractivity contribution >= 4 is 11.6 Å². The van der Waals surface area contributed by atoms with Crippen LogP contribution in [-0.2, 0) is 11.3 Å². The van der Waals surface area contributed by atoms with E-state index in [1.165, 1.54) is 0 Å². The summed E-state index contributed by atoms with van der Waals surface area (Å²) in [6.45, 7) is 4.64. The van der Waals surface area contributed by atoms with Crippen molar-refractivity contribution in [2.24, 2.45) is 0 Å². The van der Waals surface area contributed by atoms with Crippen LogP contribution in [0.25, 0.3) is 11.4 Å². The molecule has 5 nitrogen and oxygen atoms in total. The Morgan fingerprint density at radius 3 is 2.68 bits per heavy atom. The van der Waals surface area contributed by atoms with Crippen molar-refractivity contribution in [3.63, 3.8) is 0 Å². The van der Waals surface area contributed by atoms with Gasteiger partial charge in [-0.25, -0.2) is 9.67 Å². The van der Waals surface area contributed by atoms with E-state index in [0.29, 0.717) is 17.4 Å². The van der Waals surface area contributed by atoms with Crippen molar-refractivity contribution in [3.05, 3.63) is 35.1 Å². The standard InChI is InChI=1S/C16H20ClN3O2/c1-16(2,21)10-20-15(13-4-3-9-22-13)18-14(19-20)11-5-7-12(17)8-6-11/h5-8,13,21H,3-4,9-10H2,1-2H3/t13-/m0/s1. The molecule has 0 bridgehead atoms. The van der Waals surface area contributed by atoms with Gasteiger partial charge in [-0.2, -0.15) is 5.10 Å². The topological polar surface area (TPSA) is 60.2 Å². The van der Waals surface area contributed by atoms with E-state index in [2.05, 4.69) is 10.1 Å². The van der Waals surface area contributed by atoms with Crippen molar-refractivity contribution in [3.8, 4) is 11.4 Å². The molecule has 3 rings (SSSR count). The minimum absolute atomic E-state index is 0.0455. The van der Waals surface area contributed by atoms with Crippen LogP contribution in [0.2, 0.25) is 5.02 Å². The highest BCUT2D eigenvalue weighted by molar-refractivity contribution is 6.30. The molecule has 1 aromatic heterocycles. The molecule has 1 aliphatic heterocycles. The van der Waals surface area contributed by atoms with Gasteiger partial charge in [0.1, 0.15) is 6.10 Å². The van der Waals surface area contributed by atoms with E-state index < -0.39 is 5.60 Å². The number of aromatic nitrogens is 3. The second-order valence-electron chi connectivity index (χ2n) is 6.27. The zero-order valence-electron chi connectivity index (χ0n) is 12.8. The van der Waals surface area contributed by atoms with Crippen molar-refractivity contribution in [1.29, 1.82) is 0 Å². The van der Waals surface area contributed by atoms with Gasteiger partial charge in [0, 0.05) is 17.2 Å². The number of benzene rings is 1. The molecule has 0 saturated carbocycles. The van der Waals surface area contributed by atoms with Gasteiger partial charge in [0.05, 0.1) is 12.1 Å². The normalized spacial score (nSPS) is 18.8. The number of aliphatic hydroxyl groups is 1. The summed E-state index contributed by atoms with van der Waals surface area (Å²) < 4.78 is 7.50. The van der Waals surface area contributed by atoms with Crippen LogP contribution in [0.3, 0.4) is 0 Å². The van der Waals surface area contributed by atoms with Gasteiger partial charge in [-0.1, -0.05) is 11.6 Å². The van der Waals surface area contributed by atoms with Gasteiger partial charge in [-0.3, -0.25) is 0 Å². The fourth-order valence-electron chi connectivity index (χ4n) is 2.58. The molecule has 1 atom stereocenters. The van der Waals surface area contributed by atoms with Crippen LogP contribution >= 0.6 is 11.6 Å². The number of nitrogens with zero attached hydrogens (tertiary/aromatic N) is 3. The van der Waals surface area contributed by atoms with Crippen molar-refractivity contribution in [2.45, 2.75) is 44.9 Å².